The number of fused-ring (bicyclic) bond motifs is 5. The second-order valence-electron chi connectivity index (χ2n) is 14.9. The zero-order valence-corrected chi connectivity index (χ0v) is 30.3. The Morgan fingerprint density at radius 1 is 1.09 bits per heavy atom. The zero-order chi connectivity index (χ0) is 38.2. The number of hydrogen-bond donors (Lipinski definition) is 2. The lowest BCUT2D eigenvalue weighted by molar-refractivity contribution is -0.127. The summed E-state index contributed by atoms with van der Waals surface area (Å²) in [5.41, 5.74) is -0.524. The third kappa shape index (κ3) is 5.90. The number of pyridine rings is 1. The monoisotopic (exact) mass is 765 g/mol. The van der Waals surface area contributed by atoms with Crippen molar-refractivity contribution in [2.45, 2.75) is 55.9 Å². The van der Waals surface area contributed by atoms with Crippen LogP contribution < -0.4 is 9.64 Å². The molecule has 0 spiro atoms. The minimum absolute atomic E-state index is 0.0817. The Kier molecular flexibility index (Phi) is 8.58. The number of terminal acetylenes is 1. The average molecular weight is 766 g/mol. The van der Waals surface area contributed by atoms with Crippen LogP contribution in [0.25, 0.3) is 32.9 Å². The molecule has 280 valence electrons. The molecule has 0 saturated carbocycles. The van der Waals surface area contributed by atoms with Crippen LogP contribution in [0.5, 0.6) is 11.8 Å². The molecule has 4 aliphatic rings. The zero-order valence-electron chi connectivity index (χ0n) is 29.5. The first-order valence-corrected chi connectivity index (χ1v) is 18.6. The summed E-state index contributed by atoms with van der Waals surface area (Å²) in [6, 6.07) is 11.3. The Hall–Kier alpha value is -5.45. The molecule has 2 aromatic heterocycles. The van der Waals surface area contributed by atoms with Gasteiger partial charge in [0.15, 0.2) is 5.82 Å². The summed E-state index contributed by atoms with van der Waals surface area (Å²) in [7, 11) is 0. The van der Waals surface area contributed by atoms with Gasteiger partial charge in [0.05, 0.1) is 28.6 Å². The molecular weight excluding hydrogens is 731 g/mol. The number of benzene rings is 3. The van der Waals surface area contributed by atoms with Crippen molar-refractivity contribution in [3.8, 4) is 35.4 Å². The number of nitrogens with zero attached hydrogens (tertiary/aromatic N) is 6. The molecule has 10 nitrogen and oxygen atoms in total. The second-order valence-corrected chi connectivity index (χ2v) is 15.4. The van der Waals surface area contributed by atoms with Gasteiger partial charge in [-0.05, 0) is 67.9 Å². The van der Waals surface area contributed by atoms with Crippen LogP contribution >= 0.6 is 11.6 Å². The van der Waals surface area contributed by atoms with Gasteiger partial charge in [0.2, 0.25) is 0 Å². The molecule has 4 atom stereocenters. The van der Waals surface area contributed by atoms with Crippen LogP contribution in [-0.2, 0) is 4.79 Å². The predicted molar refractivity (Wildman–Crippen MR) is 202 cm³/mol. The van der Waals surface area contributed by atoms with E-state index in [0.29, 0.717) is 60.7 Å². The van der Waals surface area contributed by atoms with Crippen LogP contribution in [0.2, 0.25) is 5.02 Å². The molecule has 3 aromatic carbocycles. The molecule has 55 heavy (non-hydrogen) atoms. The normalized spacial score (nSPS) is 23.4. The summed E-state index contributed by atoms with van der Waals surface area (Å²) in [5.74, 6) is 0.594. The number of phenolic OH excluding ortho intramolecular Hbond substituents is 1. The van der Waals surface area contributed by atoms with E-state index in [-0.39, 0.29) is 75.2 Å². The van der Waals surface area contributed by atoms with Gasteiger partial charge in [0.1, 0.15) is 47.1 Å². The lowest BCUT2D eigenvalue weighted by atomic mass is 9.95. The van der Waals surface area contributed by atoms with Crippen LogP contribution in [0.15, 0.2) is 54.7 Å². The number of carbonyl (C=O) groups is 1. The Bertz CT molecular complexity index is 2450. The Labute approximate surface area is 319 Å². The fraction of sp³-hybridized carbons (Fsp3) is 0.341. The Balaban J connectivity index is 1.12. The van der Waals surface area contributed by atoms with Gasteiger partial charge < -0.3 is 19.6 Å². The number of rotatable bonds is 7. The maximum atomic E-state index is 17.1. The molecule has 4 unspecified atom stereocenters. The number of carbonyl (C=O) groups excluding carboxylic acids is 1. The van der Waals surface area contributed by atoms with Crippen molar-refractivity contribution in [1.29, 1.82) is 5.41 Å². The number of hydrogen-bond acceptors (Lipinski definition) is 9. The van der Waals surface area contributed by atoms with Gasteiger partial charge >= 0.3 is 6.01 Å². The summed E-state index contributed by atoms with van der Waals surface area (Å²) in [5, 5.41) is 20.7. The van der Waals surface area contributed by atoms with Gasteiger partial charge in [0.25, 0.3) is 5.91 Å². The number of aromatic nitrogens is 3. The number of phenols is 1. The molecule has 2 N–H and O–H groups in total. The molecule has 14 heteroatoms. The molecule has 4 fully saturated rings. The van der Waals surface area contributed by atoms with Crippen LogP contribution in [0.4, 0.5) is 19.0 Å². The predicted octanol–water partition coefficient (Wildman–Crippen LogP) is 6.67. The van der Waals surface area contributed by atoms with Crippen molar-refractivity contribution >= 4 is 50.7 Å². The van der Waals surface area contributed by atoms with Crippen LogP contribution in [0.3, 0.4) is 0 Å². The molecular formula is C41H35ClF3N7O3. The standard InChI is InChI=1S/C41H35ClF3N7O3/c1-2-29-32(44)11-6-23-14-28(53)15-30(33(23)29)36-34(45)37-31(17-47-36)38(49-40(48-37)55-21-41-12-3-13-51(41)18-25(43)16-41)50-19-26-9-10-27(20-50)52(26)39(54)35(46)22-4-7-24(42)8-5-22/h1,4-8,11,14-15,17,25-27,46,53H,3,9-10,12-13,16,18-21H2. The van der Waals surface area contributed by atoms with E-state index in [9.17, 15) is 18.7 Å². The Morgan fingerprint density at radius 2 is 1.85 bits per heavy atom. The number of ether oxygens (including phenoxy) is 1. The van der Waals surface area contributed by atoms with Gasteiger partial charge in [-0.3, -0.25) is 20.1 Å². The average Bonchev–Trinajstić information content (AvgIpc) is 3.79. The van der Waals surface area contributed by atoms with E-state index in [4.69, 9.17) is 33.2 Å². The highest BCUT2D eigenvalue weighted by Gasteiger charge is 2.50. The smallest absolute Gasteiger partial charge is 0.319 e. The number of alkyl halides is 1. The quantitative estimate of drug-likeness (QED) is 0.140. The van der Waals surface area contributed by atoms with E-state index in [1.165, 1.54) is 30.5 Å². The van der Waals surface area contributed by atoms with Crippen LogP contribution in [-0.4, -0.2) is 98.1 Å². The van der Waals surface area contributed by atoms with E-state index in [1.54, 1.807) is 29.2 Å². The van der Waals surface area contributed by atoms with Gasteiger partial charge in [-0.15, -0.1) is 6.42 Å². The van der Waals surface area contributed by atoms with Crippen molar-refractivity contribution in [1.82, 2.24) is 24.8 Å². The van der Waals surface area contributed by atoms with Crippen molar-refractivity contribution in [3.05, 3.63) is 82.5 Å². The molecule has 0 aliphatic carbocycles. The summed E-state index contributed by atoms with van der Waals surface area (Å²) >= 11 is 6.04. The van der Waals surface area contributed by atoms with Crippen LogP contribution in [0, 0.1) is 29.4 Å². The van der Waals surface area contributed by atoms with E-state index in [0.717, 1.165) is 19.4 Å². The first kappa shape index (κ1) is 35.3. The highest BCUT2D eigenvalue weighted by atomic mass is 35.5. The van der Waals surface area contributed by atoms with Gasteiger partial charge in [0, 0.05) is 53.8 Å². The van der Waals surface area contributed by atoms with Crippen LogP contribution in [0.1, 0.15) is 43.2 Å². The fourth-order valence-corrected chi connectivity index (χ4v) is 9.32. The lowest BCUT2D eigenvalue weighted by Gasteiger charge is -2.42. The minimum Gasteiger partial charge on any atom is -0.508 e. The third-order valence-electron chi connectivity index (χ3n) is 11.7. The minimum atomic E-state index is -0.978. The van der Waals surface area contributed by atoms with Crippen molar-refractivity contribution in [2.24, 2.45) is 0 Å². The number of piperazine rings is 1. The molecule has 4 aliphatic heterocycles. The van der Waals surface area contributed by atoms with Crippen molar-refractivity contribution in [2.75, 3.05) is 37.7 Å². The molecule has 6 heterocycles. The fourth-order valence-electron chi connectivity index (χ4n) is 9.19. The van der Waals surface area contributed by atoms with E-state index >= 15 is 4.39 Å². The van der Waals surface area contributed by atoms with E-state index in [1.807, 2.05) is 4.90 Å². The molecule has 5 aromatic rings. The largest absolute Gasteiger partial charge is 0.508 e. The van der Waals surface area contributed by atoms with Gasteiger partial charge in [-0.2, -0.15) is 9.97 Å². The highest BCUT2D eigenvalue weighted by molar-refractivity contribution is 6.44. The molecule has 4 saturated heterocycles. The summed E-state index contributed by atoms with van der Waals surface area (Å²) in [6.45, 7) is 1.88. The van der Waals surface area contributed by atoms with E-state index in [2.05, 4.69) is 20.8 Å². The highest BCUT2D eigenvalue weighted by Crippen LogP contribution is 2.42. The molecule has 1 amide bonds. The molecule has 2 bridgehead atoms. The van der Waals surface area contributed by atoms with Gasteiger partial charge in [-0.25, -0.2) is 13.2 Å². The third-order valence-corrected chi connectivity index (χ3v) is 11.9. The first-order valence-electron chi connectivity index (χ1n) is 18.3. The number of nitrogens with one attached hydrogen (secondary N) is 1. The van der Waals surface area contributed by atoms with Crippen molar-refractivity contribution < 1.29 is 27.8 Å². The second kappa shape index (κ2) is 13.4. The topological polar surface area (TPSA) is 119 Å². The summed E-state index contributed by atoms with van der Waals surface area (Å²) < 4.78 is 53.0. The molecule has 0 radical (unpaired) electrons. The van der Waals surface area contributed by atoms with Crippen molar-refractivity contribution in [3.63, 3.8) is 0 Å². The molecule has 9 rings (SSSR count). The lowest BCUT2D eigenvalue weighted by Crippen LogP contribution is -2.57. The number of aromatic hydroxyl groups is 1. The number of halogens is 4. The number of anilines is 1. The first-order chi connectivity index (χ1) is 26.5. The van der Waals surface area contributed by atoms with Gasteiger partial charge in [-0.1, -0.05) is 35.7 Å². The van der Waals surface area contributed by atoms with E-state index < -0.39 is 23.3 Å². The Morgan fingerprint density at radius 3 is 2.60 bits per heavy atom. The number of amides is 1. The summed E-state index contributed by atoms with van der Waals surface area (Å²) in [4.78, 5) is 33.5. The maximum Gasteiger partial charge on any atom is 0.319 e. The summed E-state index contributed by atoms with van der Waals surface area (Å²) in [6.07, 6.45) is 9.55. The maximum absolute atomic E-state index is 17.1. The SMILES string of the molecule is C#Cc1c(F)ccc2cc(O)cc(-c3ncc4c(N5CC6CCC(C5)N6C(=O)C(=N)c5ccc(Cl)cc5)nc(OCC56CCCN5CC(F)C6)nc4c3F)c12.